The van der Waals surface area contributed by atoms with E-state index in [1.165, 1.54) is 12.1 Å². The van der Waals surface area contributed by atoms with Crippen LogP contribution in [0.1, 0.15) is 36.0 Å². The number of carboxylic acid groups (broad SMARTS) is 1. The maximum absolute atomic E-state index is 12.3. The quantitative estimate of drug-likeness (QED) is 0.376. The molecule has 0 aromatic heterocycles. The fraction of sp³-hybridized carbons (Fsp3) is 0.375. The van der Waals surface area contributed by atoms with Crippen LogP contribution in [-0.4, -0.2) is 48.6 Å². The number of carbonyl (C=O) groups excluding carboxylic acids is 2. The van der Waals surface area contributed by atoms with Gasteiger partial charge >= 0.3 is 18.4 Å². The summed E-state index contributed by atoms with van der Waals surface area (Å²) in [7, 11) is 0. The molecule has 3 amide bonds. The van der Waals surface area contributed by atoms with Gasteiger partial charge in [0.25, 0.3) is 5.91 Å². The first-order valence-electron chi connectivity index (χ1n) is 11.3. The van der Waals surface area contributed by atoms with E-state index in [0.717, 1.165) is 12.1 Å². The third kappa shape index (κ3) is 8.67. The Kier molecular flexibility index (Phi) is 8.98. The summed E-state index contributed by atoms with van der Waals surface area (Å²) >= 11 is 0. The van der Waals surface area contributed by atoms with Gasteiger partial charge in [-0.1, -0.05) is 0 Å². The number of benzene rings is 2. The molecule has 36 heavy (non-hydrogen) atoms. The molecule has 0 atom stereocenters. The van der Waals surface area contributed by atoms with Gasteiger partial charge in [0, 0.05) is 24.3 Å². The first-order valence-corrected chi connectivity index (χ1v) is 11.3. The molecule has 0 saturated heterocycles. The average molecular weight is 509 g/mol. The third-order valence-electron chi connectivity index (χ3n) is 5.48. The number of halogens is 3. The van der Waals surface area contributed by atoms with E-state index in [1.54, 1.807) is 24.3 Å². The molecular formula is C24H26F3N3O6. The second-order valence-corrected chi connectivity index (χ2v) is 8.16. The van der Waals surface area contributed by atoms with Gasteiger partial charge in [0.2, 0.25) is 0 Å². The van der Waals surface area contributed by atoms with Crippen LogP contribution in [-0.2, 0) is 4.79 Å². The molecule has 0 bridgehead atoms. The van der Waals surface area contributed by atoms with Gasteiger partial charge in [-0.3, -0.25) is 9.59 Å². The average Bonchev–Trinajstić information content (AvgIpc) is 2.83. The van der Waals surface area contributed by atoms with Gasteiger partial charge < -0.3 is 30.5 Å². The van der Waals surface area contributed by atoms with Crippen molar-refractivity contribution in [2.45, 2.75) is 38.1 Å². The molecule has 0 spiro atoms. The Morgan fingerprint density at radius 3 is 2.03 bits per heavy atom. The predicted octanol–water partition coefficient (Wildman–Crippen LogP) is 4.16. The number of nitrogens with one attached hydrogen (secondary N) is 3. The van der Waals surface area contributed by atoms with Crippen LogP contribution in [0.15, 0.2) is 48.5 Å². The van der Waals surface area contributed by atoms with Crippen molar-refractivity contribution in [2.24, 2.45) is 5.92 Å². The molecule has 1 aliphatic rings. The maximum atomic E-state index is 12.3. The predicted molar refractivity (Wildman–Crippen MR) is 123 cm³/mol. The van der Waals surface area contributed by atoms with Gasteiger partial charge in [-0.05, 0) is 74.2 Å². The number of hydrogen-bond donors (Lipinski definition) is 4. The van der Waals surface area contributed by atoms with Crippen molar-refractivity contribution in [3.8, 4) is 11.5 Å². The van der Waals surface area contributed by atoms with Crippen molar-refractivity contribution in [3.05, 3.63) is 54.1 Å². The van der Waals surface area contributed by atoms with Crippen LogP contribution in [0.5, 0.6) is 11.5 Å². The molecule has 0 unspecified atom stereocenters. The highest BCUT2D eigenvalue weighted by Crippen LogP contribution is 2.28. The van der Waals surface area contributed by atoms with Crippen LogP contribution in [0, 0.1) is 5.92 Å². The van der Waals surface area contributed by atoms with Crippen LogP contribution in [0.2, 0.25) is 0 Å². The van der Waals surface area contributed by atoms with E-state index >= 15 is 0 Å². The molecule has 2 aromatic rings. The van der Waals surface area contributed by atoms with E-state index in [0.29, 0.717) is 37.0 Å². The lowest BCUT2D eigenvalue weighted by Gasteiger charge is -2.26. The highest BCUT2D eigenvalue weighted by atomic mass is 19.4. The summed E-state index contributed by atoms with van der Waals surface area (Å²) < 4.78 is 46.2. The monoisotopic (exact) mass is 509 g/mol. The topological polar surface area (TPSA) is 126 Å². The lowest BCUT2D eigenvalue weighted by Crippen LogP contribution is -2.36. The van der Waals surface area contributed by atoms with Crippen LogP contribution < -0.4 is 25.4 Å². The zero-order valence-corrected chi connectivity index (χ0v) is 19.1. The molecule has 12 heteroatoms. The van der Waals surface area contributed by atoms with Crippen molar-refractivity contribution in [2.75, 3.05) is 18.4 Å². The number of rotatable bonds is 9. The van der Waals surface area contributed by atoms with E-state index in [1.807, 2.05) is 0 Å². The Morgan fingerprint density at radius 2 is 1.44 bits per heavy atom. The van der Waals surface area contributed by atoms with Gasteiger partial charge in [-0.2, -0.15) is 0 Å². The first-order chi connectivity index (χ1) is 17.1. The molecular weight excluding hydrogens is 483 g/mol. The summed E-state index contributed by atoms with van der Waals surface area (Å²) in [5.74, 6) is -1.23. The molecule has 3 rings (SSSR count). The molecule has 0 aliphatic heterocycles. The molecule has 4 N–H and O–H groups in total. The zero-order chi connectivity index (χ0) is 26.1. The number of hydrogen-bond acceptors (Lipinski definition) is 5. The minimum atomic E-state index is -4.79. The van der Waals surface area contributed by atoms with E-state index in [9.17, 15) is 27.6 Å². The Labute approximate surface area is 205 Å². The highest BCUT2D eigenvalue weighted by Gasteiger charge is 2.31. The molecule has 1 fully saturated rings. The molecule has 9 nitrogen and oxygen atoms in total. The summed E-state index contributed by atoms with van der Waals surface area (Å²) in [5.41, 5.74) is 0.672. The number of alkyl halides is 3. The molecule has 2 aromatic carbocycles. The summed E-state index contributed by atoms with van der Waals surface area (Å²) in [6.45, 7) is 0.267. The van der Waals surface area contributed by atoms with Crippen LogP contribution >= 0.6 is 0 Å². The minimum absolute atomic E-state index is 0.0522. The molecule has 0 heterocycles. The van der Waals surface area contributed by atoms with Crippen molar-refractivity contribution < 1.29 is 42.1 Å². The summed E-state index contributed by atoms with van der Waals surface area (Å²) in [6, 6.07) is 10.7. The van der Waals surface area contributed by atoms with Gasteiger partial charge in [0.15, 0.2) is 0 Å². The number of aliphatic carboxylic acids is 1. The Hall–Kier alpha value is -3.96. The SMILES string of the molecule is O=C(NCCNC(=O)c1ccc(OC2CCC(C(=O)O)CC2)cc1)Nc1ccc(OC(F)(F)F)cc1. The van der Waals surface area contributed by atoms with Gasteiger partial charge in [0.1, 0.15) is 11.5 Å². The standard InChI is InChI=1S/C24H26F3N3O6/c25-24(26,27)36-20-11-5-17(6-12-20)30-23(34)29-14-13-28-21(31)15-1-7-18(8-2-15)35-19-9-3-16(4-10-19)22(32)33/h1-2,5-8,11-12,16,19H,3-4,9-10,13-14H2,(H,28,31)(H,32,33)(H2,29,30,34). The van der Waals surface area contributed by atoms with Crippen LogP contribution in [0.3, 0.4) is 0 Å². The zero-order valence-electron chi connectivity index (χ0n) is 19.1. The van der Waals surface area contributed by atoms with Gasteiger partial charge in [-0.25, -0.2) is 4.79 Å². The Bertz CT molecular complexity index is 1040. The number of ether oxygens (including phenoxy) is 2. The van der Waals surface area contributed by atoms with E-state index in [2.05, 4.69) is 20.7 Å². The second-order valence-electron chi connectivity index (χ2n) is 8.16. The normalized spacial score (nSPS) is 17.5. The fourth-order valence-corrected chi connectivity index (χ4v) is 3.67. The highest BCUT2D eigenvalue weighted by molar-refractivity contribution is 5.94. The van der Waals surface area contributed by atoms with Crippen LogP contribution in [0.25, 0.3) is 0 Å². The van der Waals surface area contributed by atoms with Crippen molar-refractivity contribution >= 4 is 23.6 Å². The smallest absolute Gasteiger partial charge is 0.490 e. The maximum Gasteiger partial charge on any atom is 0.573 e. The molecule has 194 valence electrons. The van der Waals surface area contributed by atoms with E-state index in [4.69, 9.17) is 9.84 Å². The van der Waals surface area contributed by atoms with Crippen molar-refractivity contribution in [1.29, 1.82) is 0 Å². The Morgan fingerprint density at radius 1 is 0.861 bits per heavy atom. The fourth-order valence-electron chi connectivity index (χ4n) is 3.67. The number of urea groups is 1. The molecule has 0 radical (unpaired) electrons. The molecule has 1 aliphatic carbocycles. The van der Waals surface area contributed by atoms with Crippen molar-refractivity contribution in [3.63, 3.8) is 0 Å². The first kappa shape index (κ1) is 26.6. The largest absolute Gasteiger partial charge is 0.573 e. The minimum Gasteiger partial charge on any atom is -0.490 e. The van der Waals surface area contributed by atoms with Crippen LogP contribution in [0.4, 0.5) is 23.7 Å². The lowest BCUT2D eigenvalue weighted by atomic mass is 9.87. The third-order valence-corrected chi connectivity index (χ3v) is 5.48. The second kappa shape index (κ2) is 12.1. The summed E-state index contributed by atoms with van der Waals surface area (Å²) in [6.07, 6.45) is -2.36. The number of amides is 3. The molecule has 1 saturated carbocycles. The van der Waals surface area contributed by atoms with Gasteiger partial charge in [-0.15, -0.1) is 13.2 Å². The number of carbonyl (C=O) groups is 3. The number of anilines is 1. The summed E-state index contributed by atoms with van der Waals surface area (Å²) in [5, 5.41) is 16.7. The Balaban J connectivity index is 1.34. The lowest BCUT2D eigenvalue weighted by molar-refractivity contribution is -0.274. The van der Waals surface area contributed by atoms with E-state index < -0.39 is 24.1 Å². The summed E-state index contributed by atoms with van der Waals surface area (Å²) in [4.78, 5) is 35.2. The number of carboxylic acids is 1. The van der Waals surface area contributed by atoms with E-state index in [-0.39, 0.29) is 36.7 Å². The van der Waals surface area contributed by atoms with Gasteiger partial charge in [0.05, 0.1) is 12.0 Å². The van der Waals surface area contributed by atoms with Crippen molar-refractivity contribution in [1.82, 2.24) is 10.6 Å².